The van der Waals surface area contributed by atoms with E-state index in [-0.39, 0.29) is 12.1 Å². The van der Waals surface area contributed by atoms with Crippen molar-refractivity contribution in [3.05, 3.63) is 18.2 Å². The summed E-state index contributed by atoms with van der Waals surface area (Å²) in [5.74, 6) is 1.75. The lowest BCUT2D eigenvalue weighted by Gasteiger charge is -2.44. The number of aryl methyl sites for hydroxylation is 1. The van der Waals surface area contributed by atoms with Crippen LogP contribution in [0.1, 0.15) is 52.3 Å². The van der Waals surface area contributed by atoms with Gasteiger partial charge in [-0.15, -0.1) is 0 Å². The molecule has 0 aromatic carbocycles. The molecule has 2 rings (SSSR count). The second-order valence-corrected chi connectivity index (χ2v) is 7.36. The van der Waals surface area contributed by atoms with E-state index in [0.717, 1.165) is 31.6 Å². The maximum absolute atomic E-state index is 10.4. The zero-order valence-corrected chi connectivity index (χ0v) is 14.2. The molecule has 0 radical (unpaired) electrons. The monoisotopic (exact) mass is 293 g/mol. The smallest absolute Gasteiger partial charge is 0.122 e. The van der Waals surface area contributed by atoms with Crippen LogP contribution in [0.2, 0.25) is 0 Å². The molecule has 3 unspecified atom stereocenters. The van der Waals surface area contributed by atoms with Crippen LogP contribution in [0, 0.1) is 11.3 Å². The summed E-state index contributed by atoms with van der Waals surface area (Å²) in [4.78, 5) is 6.68. The second kappa shape index (κ2) is 6.49. The molecule has 1 heterocycles. The molecule has 0 spiro atoms. The van der Waals surface area contributed by atoms with Crippen molar-refractivity contribution < 1.29 is 5.11 Å². The van der Waals surface area contributed by atoms with Gasteiger partial charge in [-0.3, -0.25) is 4.90 Å². The number of hydrogen-bond acceptors (Lipinski definition) is 3. The fourth-order valence-electron chi connectivity index (χ4n) is 3.49. The van der Waals surface area contributed by atoms with Gasteiger partial charge in [0, 0.05) is 25.5 Å². The first-order valence-electron chi connectivity index (χ1n) is 8.19. The van der Waals surface area contributed by atoms with Crippen LogP contribution in [0.3, 0.4) is 0 Å². The SMILES string of the molecule is CCC(C)(C)C1CCC(O)C(N(C)Cc2nccn2C)C1. The summed E-state index contributed by atoms with van der Waals surface area (Å²) in [6.45, 7) is 7.80. The van der Waals surface area contributed by atoms with E-state index in [0.29, 0.717) is 11.3 Å². The number of aromatic nitrogens is 2. The van der Waals surface area contributed by atoms with E-state index in [1.54, 1.807) is 0 Å². The first-order valence-corrected chi connectivity index (χ1v) is 8.19. The fraction of sp³-hybridized carbons (Fsp3) is 0.824. The molecule has 120 valence electrons. The normalized spacial score (nSPS) is 27.3. The molecule has 0 aliphatic heterocycles. The van der Waals surface area contributed by atoms with E-state index in [1.165, 1.54) is 6.42 Å². The Morgan fingerprint density at radius 2 is 2.14 bits per heavy atom. The maximum atomic E-state index is 10.4. The molecule has 3 atom stereocenters. The summed E-state index contributed by atoms with van der Waals surface area (Å²) in [5.41, 5.74) is 0.364. The minimum Gasteiger partial charge on any atom is -0.391 e. The summed E-state index contributed by atoms with van der Waals surface area (Å²) >= 11 is 0. The predicted octanol–water partition coefficient (Wildman–Crippen LogP) is 2.82. The van der Waals surface area contributed by atoms with Gasteiger partial charge in [-0.05, 0) is 37.6 Å². The van der Waals surface area contributed by atoms with Gasteiger partial charge in [0.2, 0.25) is 0 Å². The van der Waals surface area contributed by atoms with E-state index < -0.39 is 0 Å². The molecule has 4 heteroatoms. The average molecular weight is 293 g/mol. The molecular formula is C17H31N3O. The quantitative estimate of drug-likeness (QED) is 0.907. The Balaban J connectivity index is 2.04. The van der Waals surface area contributed by atoms with Crippen molar-refractivity contribution in [1.29, 1.82) is 0 Å². The summed E-state index contributed by atoms with van der Waals surface area (Å²) < 4.78 is 2.05. The highest BCUT2D eigenvalue weighted by Gasteiger charge is 2.38. The minimum atomic E-state index is -0.209. The van der Waals surface area contributed by atoms with Crippen molar-refractivity contribution in [2.75, 3.05) is 7.05 Å². The summed E-state index contributed by atoms with van der Waals surface area (Å²) in [5, 5.41) is 10.4. The third kappa shape index (κ3) is 3.67. The fourth-order valence-corrected chi connectivity index (χ4v) is 3.49. The van der Waals surface area contributed by atoms with Gasteiger partial charge in [0.15, 0.2) is 0 Å². The van der Waals surface area contributed by atoms with Gasteiger partial charge in [-0.1, -0.05) is 27.2 Å². The van der Waals surface area contributed by atoms with Crippen LogP contribution in [0.15, 0.2) is 12.4 Å². The first kappa shape index (κ1) is 16.5. The third-order valence-electron chi connectivity index (χ3n) is 5.68. The number of aliphatic hydroxyl groups is 1. The molecule has 1 saturated carbocycles. The molecule has 1 aliphatic rings. The molecule has 1 aromatic heterocycles. The number of rotatable bonds is 5. The van der Waals surface area contributed by atoms with Crippen LogP contribution in [0.4, 0.5) is 0 Å². The standard InChI is InChI=1S/C17H31N3O/c1-6-17(2,3)13-7-8-15(21)14(11-13)20(5)12-16-18-9-10-19(16)4/h9-10,13-15,21H,6-8,11-12H2,1-5H3. The molecule has 0 bridgehead atoms. The van der Waals surface area contributed by atoms with Gasteiger partial charge in [0.1, 0.15) is 5.82 Å². The van der Waals surface area contributed by atoms with Gasteiger partial charge in [0.05, 0.1) is 12.6 Å². The molecule has 1 aromatic rings. The lowest BCUT2D eigenvalue weighted by molar-refractivity contribution is -0.0153. The Labute approximate surface area is 129 Å². The van der Waals surface area contributed by atoms with Crippen LogP contribution in [0.5, 0.6) is 0 Å². The largest absolute Gasteiger partial charge is 0.391 e. The van der Waals surface area contributed by atoms with Crippen molar-refractivity contribution in [3.8, 4) is 0 Å². The zero-order chi connectivity index (χ0) is 15.6. The van der Waals surface area contributed by atoms with E-state index >= 15 is 0 Å². The highest BCUT2D eigenvalue weighted by Crippen LogP contribution is 2.41. The van der Waals surface area contributed by atoms with E-state index in [1.807, 2.05) is 19.4 Å². The molecular weight excluding hydrogens is 262 g/mol. The van der Waals surface area contributed by atoms with Gasteiger partial charge in [0.25, 0.3) is 0 Å². The van der Waals surface area contributed by atoms with Crippen molar-refractivity contribution in [2.24, 2.45) is 18.4 Å². The van der Waals surface area contributed by atoms with Gasteiger partial charge >= 0.3 is 0 Å². The molecule has 0 amide bonds. The Morgan fingerprint density at radius 3 is 2.71 bits per heavy atom. The summed E-state index contributed by atoms with van der Waals surface area (Å²) in [7, 11) is 4.14. The van der Waals surface area contributed by atoms with E-state index in [2.05, 4.69) is 42.3 Å². The summed E-state index contributed by atoms with van der Waals surface area (Å²) in [6, 6.07) is 0.242. The summed E-state index contributed by atoms with van der Waals surface area (Å²) in [6.07, 6.45) is 7.96. The van der Waals surface area contributed by atoms with Crippen LogP contribution in [0.25, 0.3) is 0 Å². The topological polar surface area (TPSA) is 41.3 Å². The third-order valence-corrected chi connectivity index (χ3v) is 5.68. The van der Waals surface area contributed by atoms with E-state index in [9.17, 15) is 5.11 Å². The molecule has 1 fully saturated rings. The van der Waals surface area contributed by atoms with Crippen molar-refractivity contribution in [1.82, 2.24) is 14.5 Å². The maximum Gasteiger partial charge on any atom is 0.122 e. The minimum absolute atomic E-state index is 0.209. The number of hydrogen-bond donors (Lipinski definition) is 1. The van der Waals surface area contributed by atoms with Crippen molar-refractivity contribution >= 4 is 0 Å². The van der Waals surface area contributed by atoms with Crippen LogP contribution in [-0.4, -0.2) is 38.8 Å². The lowest BCUT2D eigenvalue weighted by atomic mass is 9.67. The highest BCUT2D eigenvalue weighted by atomic mass is 16.3. The highest BCUT2D eigenvalue weighted by molar-refractivity contribution is 4.95. The Hall–Kier alpha value is -0.870. The van der Waals surface area contributed by atoms with Gasteiger partial charge < -0.3 is 9.67 Å². The Kier molecular flexibility index (Phi) is 5.10. The average Bonchev–Trinajstić information content (AvgIpc) is 2.84. The first-order chi connectivity index (χ1) is 9.85. The molecule has 0 saturated heterocycles. The number of aliphatic hydroxyl groups excluding tert-OH is 1. The molecule has 1 N–H and O–H groups in total. The lowest BCUT2D eigenvalue weighted by Crippen LogP contribution is -2.47. The van der Waals surface area contributed by atoms with Crippen LogP contribution >= 0.6 is 0 Å². The van der Waals surface area contributed by atoms with Crippen molar-refractivity contribution in [2.45, 2.75) is 65.1 Å². The predicted molar refractivity (Wildman–Crippen MR) is 85.9 cm³/mol. The second-order valence-electron chi connectivity index (χ2n) is 7.36. The van der Waals surface area contributed by atoms with Gasteiger partial charge in [-0.25, -0.2) is 4.98 Å². The molecule has 21 heavy (non-hydrogen) atoms. The number of imidazole rings is 1. The van der Waals surface area contributed by atoms with Crippen molar-refractivity contribution in [3.63, 3.8) is 0 Å². The zero-order valence-electron chi connectivity index (χ0n) is 14.2. The number of nitrogens with zero attached hydrogens (tertiary/aromatic N) is 3. The number of likely N-dealkylation sites (N-methyl/N-ethyl adjacent to an activating group) is 1. The Morgan fingerprint density at radius 1 is 1.43 bits per heavy atom. The van der Waals surface area contributed by atoms with Crippen LogP contribution in [-0.2, 0) is 13.6 Å². The molecule has 1 aliphatic carbocycles. The van der Waals surface area contributed by atoms with Gasteiger partial charge in [-0.2, -0.15) is 0 Å². The Bertz CT molecular complexity index is 455. The van der Waals surface area contributed by atoms with E-state index in [4.69, 9.17) is 0 Å². The van der Waals surface area contributed by atoms with Crippen LogP contribution < -0.4 is 0 Å². The molecule has 4 nitrogen and oxygen atoms in total.